The third kappa shape index (κ3) is 5.04. The summed E-state index contributed by atoms with van der Waals surface area (Å²) in [6.07, 6.45) is 4.41. The largest absolute Gasteiger partial charge is 0.450 e. The quantitative estimate of drug-likeness (QED) is 0.218. The molecule has 0 aliphatic rings. The molecule has 0 fully saturated rings. The molecular weight excluding hydrogens is 428 g/mol. The van der Waals surface area contributed by atoms with E-state index in [1.165, 1.54) is 19.4 Å². The molecule has 0 radical (unpaired) electrons. The number of nitrogens with one attached hydrogen (secondary N) is 1. The molecule has 0 aliphatic carbocycles. The maximum Gasteiger partial charge on any atom is 0.388 e. The summed E-state index contributed by atoms with van der Waals surface area (Å²) in [6.45, 7) is 7.92. The Kier molecular flexibility index (Phi) is 6.54. The van der Waals surface area contributed by atoms with Crippen LogP contribution in [0.1, 0.15) is 0 Å². The van der Waals surface area contributed by atoms with E-state index in [0.717, 1.165) is 11.4 Å². The van der Waals surface area contributed by atoms with Gasteiger partial charge < -0.3 is 24.9 Å². The molecule has 0 aromatic carbocycles. The van der Waals surface area contributed by atoms with E-state index in [1.807, 2.05) is 0 Å². The molecule has 160 valence electrons. The zero-order chi connectivity index (χ0) is 21.9. The summed E-state index contributed by atoms with van der Waals surface area (Å²) < 4.78 is 13.2. The number of rotatable bonds is 9. The highest BCUT2D eigenvalue weighted by atomic mass is 35.5. The first-order valence-corrected chi connectivity index (χ1v) is 13.4. The second-order valence-electron chi connectivity index (χ2n) is 7.82. The van der Waals surface area contributed by atoms with E-state index in [9.17, 15) is 10.1 Å². The van der Waals surface area contributed by atoms with Crippen molar-refractivity contribution in [2.45, 2.75) is 32.4 Å². The predicted octanol–water partition coefficient (Wildman–Crippen LogP) is 4.53. The van der Waals surface area contributed by atoms with Gasteiger partial charge in [0.05, 0.1) is 12.4 Å². The summed E-state index contributed by atoms with van der Waals surface area (Å²) in [5, 5.41) is 18.9. The van der Waals surface area contributed by atoms with Gasteiger partial charge in [-0.1, -0.05) is 31.2 Å². The molecule has 0 spiro atoms. The molecule has 3 aromatic rings. The Balaban J connectivity index is 1.75. The van der Waals surface area contributed by atoms with Crippen LogP contribution in [0.4, 0.5) is 11.5 Å². The summed E-state index contributed by atoms with van der Waals surface area (Å²) >= 11 is 6.25. The fourth-order valence-electron chi connectivity index (χ4n) is 2.65. The monoisotopic (exact) mass is 450 g/mol. The summed E-state index contributed by atoms with van der Waals surface area (Å²) in [6, 6.07) is 2.83. The number of nitro groups is 1. The van der Waals surface area contributed by atoms with Gasteiger partial charge in [0.25, 0.3) is 0 Å². The maximum absolute atomic E-state index is 11.1. The molecule has 3 heterocycles. The van der Waals surface area contributed by atoms with E-state index in [4.69, 9.17) is 21.1 Å². The number of aromatic nitrogens is 4. The predicted molar refractivity (Wildman–Crippen MR) is 117 cm³/mol. The minimum atomic E-state index is -1.14. The molecule has 0 saturated heterocycles. The molecule has 12 heteroatoms. The van der Waals surface area contributed by atoms with Crippen LogP contribution >= 0.6 is 11.6 Å². The summed E-state index contributed by atoms with van der Waals surface area (Å²) in [4.78, 5) is 18.7. The van der Waals surface area contributed by atoms with Crippen molar-refractivity contribution in [1.82, 2.24) is 19.7 Å². The molecule has 0 atom stereocenters. The molecular formula is C18H23ClN6O4Si. The van der Waals surface area contributed by atoms with Crippen LogP contribution in [0.3, 0.4) is 0 Å². The van der Waals surface area contributed by atoms with Gasteiger partial charge >= 0.3 is 5.82 Å². The fourth-order valence-corrected chi connectivity index (χ4v) is 3.67. The van der Waals surface area contributed by atoms with Crippen LogP contribution in [0.5, 0.6) is 11.5 Å². The lowest BCUT2D eigenvalue weighted by Gasteiger charge is -2.15. The Morgan fingerprint density at radius 1 is 1.27 bits per heavy atom. The Bertz CT molecular complexity index is 1070. The highest BCUT2D eigenvalue weighted by Crippen LogP contribution is 2.39. The molecule has 0 amide bonds. The number of hydrogen-bond donors (Lipinski definition) is 1. The number of ether oxygens (including phenoxy) is 2. The highest BCUT2D eigenvalue weighted by molar-refractivity contribution is 6.76. The van der Waals surface area contributed by atoms with Crippen molar-refractivity contribution in [1.29, 1.82) is 0 Å². The first kappa shape index (κ1) is 21.9. The van der Waals surface area contributed by atoms with Gasteiger partial charge in [0.2, 0.25) is 0 Å². The Labute approximate surface area is 179 Å². The average Bonchev–Trinajstić information content (AvgIpc) is 3.08. The molecule has 0 saturated carbocycles. The maximum atomic E-state index is 11.1. The van der Waals surface area contributed by atoms with Crippen molar-refractivity contribution in [3.8, 4) is 11.5 Å². The Hall–Kier alpha value is -2.76. The van der Waals surface area contributed by atoms with E-state index < -0.39 is 13.0 Å². The van der Waals surface area contributed by atoms with Crippen LogP contribution in [-0.4, -0.2) is 46.4 Å². The van der Waals surface area contributed by atoms with E-state index >= 15 is 0 Å². The van der Waals surface area contributed by atoms with Gasteiger partial charge in [0.1, 0.15) is 17.5 Å². The molecule has 0 bridgehead atoms. The van der Waals surface area contributed by atoms with Crippen LogP contribution in [0, 0.1) is 10.1 Å². The lowest BCUT2D eigenvalue weighted by Crippen LogP contribution is -2.22. The number of pyridine rings is 2. The van der Waals surface area contributed by atoms with Crippen molar-refractivity contribution >= 4 is 42.2 Å². The van der Waals surface area contributed by atoms with E-state index in [-0.39, 0.29) is 22.3 Å². The van der Waals surface area contributed by atoms with Crippen molar-refractivity contribution in [3.63, 3.8) is 0 Å². The van der Waals surface area contributed by atoms with Crippen molar-refractivity contribution < 1.29 is 14.4 Å². The summed E-state index contributed by atoms with van der Waals surface area (Å²) in [5.41, 5.74) is 0.746. The van der Waals surface area contributed by atoms with Gasteiger partial charge in [-0.15, -0.1) is 0 Å². The number of nitrogens with zero attached hydrogens (tertiary/aromatic N) is 5. The van der Waals surface area contributed by atoms with Gasteiger partial charge in [0.15, 0.2) is 23.3 Å². The lowest BCUT2D eigenvalue weighted by atomic mass is 10.3. The number of anilines is 1. The van der Waals surface area contributed by atoms with E-state index in [1.54, 1.807) is 16.9 Å². The molecule has 3 aromatic heterocycles. The van der Waals surface area contributed by atoms with Crippen LogP contribution in [-0.2, 0) is 11.5 Å². The molecule has 0 unspecified atom stereocenters. The van der Waals surface area contributed by atoms with Crippen molar-refractivity contribution in [2.75, 3.05) is 19.0 Å². The third-order valence-corrected chi connectivity index (χ3v) is 6.35. The highest BCUT2D eigenvalue weighted by Gasteiger charge is 2.23. The van der Waals surface area contributed by atoms with E-state index in [0.29, 0.717) is 24.7 Å². The van der Waals surface area contributed by atoms with Crippen LogP contribution in [0.2, 0.25) is 30.7 Å². The zero-order valence-corrected chi connectivity index (χ0v) is 18.9. The van der Waals surface area contributed by atoms with Gasteiger partial charge in [-0.2, -0.15) is 5.10 Å². The standard InChI is InChI=1S/C18H23ClN6O4Si/c1-20-16-15(19)14(10-22-18(16)25(26)27)29-13-7-12-8-23-24(17(12)21-9-13)11-28-5-6-30(2,3)4/h7-10,20H,5-6,11H2,1-4H3. The first-order chi connectivity index (χ1) is 14.2. The molecule has 10 nitrogen and oxygen atoms in total. The van der Waals surface area contributed by atoms with Gasteiger partial charge in [0, 0.05) is 27.1 Å². The molecule has 1 N–H and O–H groups in total. The number of halogens is 1. The van der Waals surface area contributed by atoms with Crippen LogP contribution < -0.4 is 10.1 Å². The SMILES string of the molecule is CNc1c([N+](=O)[O-])ncc(Oc2cnc3c(cnn3COCC[Si](C)(C)C)c2)c1Cl. The van der Waals surface area contributed by atoms with Gasteiger partial charge in [-0.05, 0) is 22.0 Å². The second kappa shape index (κ2) is 8.94. The molecule has 0 aliphatic heterocycles. The topological polar surface area (TPSA) is 117 Å². The minimum Gasteiger partial charge on any atom is -0.450 e. The fraction of sp³-hybridized carbons (Fsp3) is 0.389. The first-order valence-electron chi connectivity index (χ1n) is 9.27. The minimum absolute atomic E-state index is 0.0609. The van der Waals surface area contributed by atoms with Crippen LogP contribution in [0.15, 0.2) is 24.7 Å². The Morgan fingerprint density at radius 2 is 2.03 bits per heavy atom. The van der Waals surface area contributed by atoms with Gasteiger partial charge in [-0.3, -0.25) is 0 Å². The van der Waals surface area contributed by atoms with Crippen LogP contribution in [0.25, 0.3) is 11.0 Å². The Morgan fingerprint density at radius 3 is 2.70 bits per heavy atom. The summed E-state index contributed by atoms with van der Waals surface area (Å²) in [7, 11) is 0.378. The van der Waals surface area contributed by atoms with Gasteiger partial charge in [-0.25, -0.2) is 9.67 Å². The normalized spacial score (nSPS) is 11.6. The van der Waals surface area contributed by atoms with E-state index in [2.05, 4.69) is 40.0 Å². The summed E-state index contributed by atoms with van der Waals surface area (Å²) in [5.74, 6) is 0.204. The number of hydrogen-bond acceptors (Lipinski definition) is 8. The van der Waals surface area contributed by atoms with Crippen molar-refractivity contribution in [2.24, 2.45) is 0 Å². The lowest BCUT2D eigenvalue weighted by molar-refractivity contribution is -0.388. The zero-order valence-electron chi connectivity index (χ0n) is 17.2. The second-order valence-corrected chi connectivity index (χ2v) is 13.8. The average molecular weight is 451 g/mol. The van der Waals surface area contributed by atoms with Crippen molar-refractivity contribution in [3.05, 3.63) is 39.8 Å². The molecule has 30 heavy (non-hydrogen) atoms. The third-order valence-electron chi connectivity index (χ3n) is 4.27. The number of fused-ring (bicyclic) bond motifs is 1. The smallest absolute Gasteiger partial charge is 0.388 e. The molecule has 3 rings (SSSR count).